The van der Waals surface area contributed by atoms with Crippen molar-refractivity contribution < 1.29 is 9.47 Å². The van der Waals surface area contributed by atoms with Gasteiger partial charge in [0, 0.05) is 6.54 Å². The molecule has 0 fully saturated rings. The third-order valence-corrected chi connectivity index (χ3v) is 3.79. The number of hydrogen-bond donors (Lipinski definition) is 1. The average Bonchev–Trinajstić information content (AvgIpc) is 2.55. The first kappa shape index (κ1) is 14.3. The number of nitrogens with zero attached hydrogens (tertiary/aromatic N) is 2. The van der Waals surface area contributed by atoms with Crippen LogP contribution in [0.4, 0.5) is 5.69 Å². The number of fused-ring (bicyclic) bond motifs is 1. The van der Waals surface area contributed by atoms with Crippen molar-refractivity contribution in [1.29, 1.82) is 0 Å². The van der Waals surface area contributed by atoms with Gasteiger partial charge in [0.15, 0.2) is 5.96 Å². The van der Waals surface area contributed by atoms with E-state index in [0.717, 1.165) is 28.3 Å². The number of aliphatic imine (C=N–C) groups is 1. The van der Waals surface area contributed by atoms with Crippen LogP contribution in [0.3, 0.4) is 0 Å². The van der Waals surface area contributed by atoms with Gasteiger partial charge in [0.2, 0.25) is 0 Å². The van der Waals surface area contributed by atoms with E-state index in [-0.39, 0.29) is 0 Å². The van der Waals surface area contributed by atoms with Gasteiger partial charge in [-0.2, -0.15) is 0 Å². The Hall–Kier alpha value is -2.69. The van der Waals surface area contributed by atoms with Crippen LogP contribution in [-0.4, -0.2) is 25.1 Å². The van der Waals surface area contributed by atoms with Crippen molar-refractivity contribution in [3.8, 4) is 11.5 Å². The van der Waals surface area contributed by atoms with Gasteiger partial charge in [-0.05, 0) is 23.8 Å². The molecule has 0 saturated heterocycles. The van der Waals surface area contributed by atoms with Crippen molar-refractivity contribution in [2.24, 2.45) is 10.7 Å². The second kappa shape index (κ2) is 5.97. The molecule has 0 aliphatic carbocycles. The second-order valence-electron chi connectivity index (χ2n) is 5.10. The summed E-state index contributed by atoms with van der Waals surface area (Å²) in [7, 11) is 3.31. The molecule has 0 unspecified atom stereocenters. The molecule has 0 radical (unpaired) electrons. The third-order valence-electron chi connectivity index (χ3n) is 3.79. The van der Waals surface area contributed by atoms with E-state index in [4.69, 9.17) is 15.2 Å². The maximum absolute atomic E-state index is 6.12. The van der Waals surface area contributed by atoms with Crippen molar-refractivity contribution in [3.05, 3.63) is 53.6 Å². The molecule has 0 amide bonds. The lowest BCUT2D eigenvalue weighted by Gasteiger charge is -2.29. The number of benzene rings is 2. The van der Waals surface area contributed by atoms with Crippen LogP contribution in [0, 0.1) is 0 Å². The Morgan fingerprint density at radius 3 is 2.41 bits per heavy atom. The molecule has 0 spiro atoms. The van der Waals surface area contributed by atoms with E-state index in [9.17, 15) is 0 Å². The predicted octanol–water partition coefficient (Wildman–Crippen LogP) is 2.67. The lowest BCUT2D eigenvalue weighted by atomic mass is 10.1. The van der Waals surface area contributed by atoms with Crippen LogP contribution in [-0.2, 0) is 13.1 Å². The second-order valence-corrected chi connectivity index (χ2v) is 5.10. The maximum Gasteiger partial charge on any atom is 0.197 e. The summed E-state index contributed by atoms with van der Waals surface area (Å²) in [5, 5.41) is 0. The van der Waals surface area contributed by atoms with Gasteiger partial charge in [0.1, 0.15) is 11.5 Å². The zero-order valence-corrected chi connectivity index (χ0v) is 12.7. The normalized spacial score (nSPS) is 13.4. The number of nitrogens with two attached hydrogens (primary N) is 1. The first-order valence-corrected chi connectivity index (χ1v) is 7.10. The summed E-state index contributed by atoms with van der Waals surface area (Å²) >= 11 is 0. The summed E-state index contributed by atoms with van der Waals surface area (Å²) in [4.78, 5) is 6.49. The van der Waals surface area contributed by atoms with Crippen molar-refractivity contribution in [2.75, 3.05) is 14.2 Å². The molecule has 0 aromatic heterocycles. The fraction of sp³-hybridized carbons (Fsp3) is 0.235. The first-order chi connectivity index (χ1) is 10.7. The van der Waals surface area contributed by atoms with Gasteiger partial charge in [0.25, 0.3) is 0 Å². The molecule has 1 aliphatic heterocycles. The van der Waals surface area contributed by atoms with Crippen LogP contribution >= 0.6 is 0 Å². The molecular formula is C17H19N3O2. The summed E-state index contributed by atoms with van der Waals surface area (Å²) in [6, 6.07) is 13.8. The Morgan fingerprint density at radius 1 is 1.05 bits per heavy atom. The summed E-state index contributed by atoms with van der Waals surface area (Å²) in [6.07, 6.45) is 0. The SMILES string of the molecule is COc1cccc(OC)c1CN1Cc2ccccc2N=C1N. The highest BCUT2D eigenvalue weighted by Crippen LogP contribution is 2.32. The summed E-state index contributed by atoms with van der Waals surface area (Å²) in [5.41, 5.74) is 9.17. The van der Waals surface area contributed by atoms with E-state index >= 15 is 0 Å². The van der Waals surface area contributed by atoms with Crippen molar-refractivity contribution in [1.82, 2.24) is 4.90 Å². The van der Waals surface area contributed by atoms with Gasteiger partial charge < -0.3 is 20.1 Å². The molecule has 22 heavy (non-hydrogen) atoms. The standard InChI is InChI=1S/C17H19N3O2/c1-21-15-8-5-9-16(22-2)13(15)11-20-10-12-6-3-4-7-14(12)19-17(20)18/h3-9H,10-11H2,1-2H3,(H2,18,19). The van der Waals surface area contributed by atoms with Crippen molar-refractivity contribution >= 4 is 11.6 Å². The molecule has 114 valence electrons. The number of methoxy groups -OCH3 is 2. The Bertz CT molecular complexity index is 691. The van der Waals surface area contributed by atoms with Crippen molar-refractivity contribution in [2.45, 2.75) is 13.1 Å². The number of ether oxygens (including phenoxy) is 2. The summed E-state index contributed by atoms with van der Waals surface area (Å²) < 4.78 is 10.9. The first-order valence-electron chi connectivity index (χ1n) is 7.10. The number of guanidine groups is 1. The number of para-hydroxylation sites is 1. The molecule has 3 rings (SSSR count). The van der Waals surface area contributed by atoms with E-state index in [1.807, 2.05) is 41.3 Å². The Labute approximate surface area is 130 Å². The zero-order chi connectivity index (χ0) is 15.5. The Morgan fingerprint density at radius 2 is 1.73 bits per heavy atom. The Kier molecular flexibility index (Phi) is 3.87. The molecule has 2 aromatic carbocycles. The third kappa shape index (κ3) is 2.57. The van der Waals surface area contributed by atoms with E-state index < -0.39 is 0 Å². The Balaban J connectivity index is 1.92. The lowest BCUT2D eigenvalue weighted by molar-refractivity contribution is 0.348. The highest BCUT2D eigenvalue weighted by atomic mass is 16.5. The van der Waals surface area contributed by atoms with Gasteiger partial charge in [0.05, 0.1) is 32.0 Å². The van der Waals surface area contributed by atoms with E-state index in [1.54, 1.807) is 14.2 Å². The largest absolute Gasteiger partial charge is 0.496 e. The van der Waals surface area contributed by atoms with Gasteiger partial charge >= 0.3 is 0 Å². The van der Waals surface area contributed by atoms with E-state index in [2.05, 4.69) is 11.1 Å². The minimum absolute atomic E-state index is 0.506. The minimum Gasteiger partial charge on any atom is -0.496 e. The monoisotopic (exact) mass is 297 g/mol. The van der Waals surface area contributed by atoms with Crippen LogP contribution < -0.4 is 15.2 Å². The van der Waals surface area contributed by atoms with Gasteiger partial charge in [-0.25, -0.2) is 4.99 Å². The lowest BCUT2D eigenvalue weighted by Crippen LogP contribution is -2.38. The highest BCUT2D eigenvalue weighted by molar-refractivity contribution is 5.83. The minimum atomic E-state index is 0.506. The fourth-order valence-electron chi connectivity index (χ4n) is 2.65. The highest BCUT2D eigenvalue weighted by Gasteiger charge is 2.20. The zero-order valence-electron chi connectivity index (χ0n) is 12.7. The number of hydrogen-bond acceptors (Lipinski definition) is 5. The average molecular weight is 297 g/mol. The maximum atomic E-state index is 6.12. The molecule has 2 N–H and O–H groups in total. The molecule has 5 heteroatoms. The van der Waals surface area contributed by atoms with Gasteiger partial charge in [-0.3, -0.25) is 0 Å². The smallest absolute Gasteiger partial charge is 0.197 e. The summed E-state index contributed by atoms with van der Waals surface area (Å²) in [6.45, 7) is 1.30. The molecule has 0 atom stereocenters. The quantitative estimate of drug-likeness (QED) is 0.942. The van der Waals surface area contributed by atoms with Crippen LogP contribution in [0.15, 0.2) is 47.5 Å². The molecule has 1 heterocycles. The predicted molar refractivity (Wildman–Crippen MR) is 86.5 cm³/mol. The molecule has 2 aromatic rings. The van der Waals surface area contributed by atoms with Crippen LogP contribution in [0.1, 0.15) is 11.1 Å². The fourth-order valence-corrected chi connectivity index (χ4v) is 2.65. The van der Waals surface area contributed by atoms with Crippen LogP contribution in [0.2, 0.25) is 0 Å². The summed E-state index contributed by atoms with van der Waals surface area (Å²) in [5.74, 6) is 2.07. The van der Waals surface area contributed by atoms with Crippen molar-refractivity contribution in [3.63, 3.8) is 0 Å². The molecule has 0 bridgehead atoms. The molecule has 0 saturated carbocycles. The molecular weight excluding hydrogens is 278 g/mol. The topological polar surface area (TPSA) is 60.1 Å². The van der Waals surface area contributed by atoms with E-state index in [0.29, 0.717) is 19.0 Å². The van der Waals surface area contributed by atoms with E-state index in [1.165, 1.54) is 0 Å². The number of rotatable bonds is 4. The van der Waals surface area contributed by atoms with Gasteiger partial charge in [-0.15, -0.1) is 0 Å². The molecule has 1 aliphatic rings. The van der Waals surface area contributed by atoms with Gasteiger partial charge in [-0.1, -0.05) is 24.3 Å². The van der Waals surface area contributed by atoms with Crippen LogP contribution in [0.5, 0.6) is 11.5 Å². The van der Waals surface area contributed by atoms with Crippen LogP contribution in [0.25, 0.3) is 0 Å². The molecule has 5 nitrogen and oxygen atoms in total.